The molecule has 3 atom stereocenters. The van der Waals surface area contributed by atoms with Crippen LogP contribution in [0.5, 0.6) is 0 Å². The average molecular weight is 363 g/mol. The van der Waals surface area contributed by atoms with Gasteiger partial charge in [0.15, 0.2) is 0 Å². The molecule has 0 heterocycles. The van der Waals surface area contributed by atoms with Crippen LogP contribution in [0, 0.1) is 23.1 Å². The van der Waals surface area contributed by atoms with Gasteiger partial charge in [0.05, 0.1) is 13.2 Å². The minimum absolute atomic E-state index is 0.0445. The third-order valence-electron chi connectivity index (χ3n) is 3.78. The van der Waals surface area contributed by atoms with Crippen molar-refractivity contribution in [1.29, 1.82) is 5.26 Å². The molecule has 0 aromatic heterocycles. The van der Waals surface area contributed by atoms with Gasteiger partial charge < -0.3 is 15.4 Å². The molecule has 0 bridgehead atoms. The lowest BCUT2D eigenvalue weighted by Gasteiger charge is -2.24. The maximum absolute atomic E-state index is 13.0. The Hall–Kier alpha value is -2.95. The van der Waals surface area contributed by atoms with Crippen LogP contribution in [-0.2, 0) is 25.5 Å². The Bertz CT molecular complexity index is 685. The van der Waals surface area contributed by atoms with Gasteiger partial charge in [-0.05, 0) is 17.7 Å². The van der Waals surface area contributed by atoms with E-state index in [0.29, 0.717) is 5.56 Å². The van der Waals surface area contributed by atoms with E-state index in [9.17, 15) is 18.8 Å². The lowest BCUT2D eigenvalue weighted by atomic mass is 9.97. The van der Waals surface area contributed by atoms with Crippen molar-refractivity contribution in [3.8, 4) is 6.07 Å². The van der Waals surface area contributed by atoms with Gasteiger partial charge in [-0.3, -0.25) is 9.59 Å². The predicted octanol–water partition coefficient (Wildman–Crippen LogP) is 1.08. The van der Waals surface area contributed by atoms with Gasteiger partial charge in [0.1, 0.15) is 17.9 Å². The number of carbonyl (C=O) groups is 3. The number of nitriles is 1. The van der Waals surface area contributed by atoms with Crippen molar-refractivity contribution >= 4 is 17.8 Å². The minimum Gasteiger partial charge on any atom is -0.467 e. The first kappa shape index (κ1) is 21.1. The standard InChI is InChI=1S/C18H22FN3O4/c1-11(8-9-20)16(18(25)26-3)22-17(24)15(21-12(2)23)10-13-4-6-14(19)7-5-13/h4-7,11,15-16H,8,10H2,1-3H3,(H,21,23)(H,22,24)/t11-,15-,16-/m1/s1. The molecular formula is C18H22FN3O4. The number of hydrogen-bond acceptors (Lipinski definition) is 5. The van der Waals surface area contributed by atoms with E-state index in [1.807, 2.05) is 6.07 Å². The zero-order valence-corrected chi connectivity index (χ0v) is 14.9. The van der Waals surface area contributed by atoms with Crippen LogP contribution in [0.1, 0.15) is 25.8 Å². The Kier molecular flexibility index (Phi) is 8.22. The summed E-state index contributed by atoms with van der Waals surface area (Å²) >= 11 is 0. The summed E-state index contributed by atoms with van der Waals surface area (Å²) in [4.78, 5) is 36.0. The number of halogens is 1. The largest absolute Gasteiger partial charge is 0.467 e. The lowest BCUT2D eigenvalue weighted by Crippen LogP contribution is -2.54. The maximum atomic E-state index is 13.0. The van der Waals surface area contributed by atoms with Crippen molar-refractivity contribution in [1.82, 2.24) is 10.6 Å². The third-order valence-corrected chi connectivity index (χ3v) is 3.78. The maximum Gasteiger partial charge on any atom is 0.328 e. The van der Waals surface area contributed by atoms with Crippen LogP contribution < -0.4 is 10.6 Å². The van der Waals surface area contributed by atoms with Gasteiger partial charge in [0.2, 0.25) is 11.8 Å². The first-order valence-electron chi connectivity index (χ1n) is 8.05. The van der Waals surface area contributed by atoms with Gasteiger partial charge >= 0.3 is 5.97 Å². The van der Waals surface area contributed by atoms with Crippen molar-refractivity contribution in [3.63, 3.8) is 0 Å². The number of carbonyl (C=O) groups excluding carboxylic acids is 3. The fourth-order valence-electron chi connectivity index (χ4n) is 2.39. The highest BCUT2D eigenvalue weighted by Crippen LogP contribution is 2.11. The molecule has 0 unspecified atom stereocenters. The van der Waals surface area contributed by atoms with E-state index < -0.39 is 41.6 Å². The van der Waals surface area contributed by atoms with E-state index in [1.165, 1.54) is 38.3 Å². The summed E-state index contributed by atoms with van der Waals surface area (Å²) in [5.41, 5.74) is 0.639. The van der Waals surface area contributed by atoms with Crippen molar-refractivity contribution in [2.24, 2.45) is 5.92 Å². The molecule has 2 amide bonds. The highest BCUT2D eigenvalue weighted by molar-refractivity contribution is 5.90. The van der Waals surface area contributed by atoms with Gasteiger partial charge in [-0.1, -0.05) is 19.1 Å². The van der Waals surface area contributed by atoms with Gasteiger partial charge in [-0.15, -0.1) is 0 Å². The first-order chi connectivity index (χ1) is 12.3. The van der Waals surface area contributed by atoms with Gasteiger partial charge in [0.25, 0.3) is 0 Å². The van der Waals surface area contributed by atoms with Gasteiger partial charge in [-0.2, -0.15) is 5.26 Å². The topological polar surface area (TPSA) is 108 Å². The molecule has 8 heteroatoms. The monoisotopic (exact) mass is 363 g/mol. The zero-order valence-electron chi connectivity index (χ0n) is 14.9. The number of benzene rings is 1. The van der Waals surface area contributed by atoms with E-state index in [2.05, 4.69) is 15.4 Å². The summed E-state index contributed by atoms with van der Waals surface area (Å²) in [6.07, 6.45) is 0.162. The molecule has 7 nitrogen and oxygen atoms in total. The fourth-order valence-corrected chi connectivity index (χ4v) is 2.39. The molecule has 0 radical (unpaired) electrons. The minimum atomic E-state index is -1.02. The molecule has 0 aliphatic heterocycles. The molecule has 0 aliphatic rings. The van der Waals surface area contributed by atoms with Gasteiger partial charge in [-0.25, -0.2) is 9.18 Å². The van der Waals surface area contributed by atoms with E-state index in [-0.39, 0.29) is 12.8 Å². The van der Waals surface area contributed by atoms with Crippen LogP contribution in [0.3, 0.4) is 0 Å². The van der Waals surface area contributed by atoms with E-state index >= 15 is 0 Å². The number of ether oxygens (including phenoxy) is 1. The average Bonchev–Trinajstić information content (AvgIpc) is 2.59. The molecule has 0 saturated carbocycles. The number of hydrogen-bond donors (Lipinski definition) is 2. The summed E-state index contributed by atoms with van der Waals surface area (Å²) in [5, 5.41) is 13.9. The van der Waals surface area contributed by atoms with Gasteiger partial charge in [0, 0.05) is 25.7 Å². The van der Waals surface area contributed by atoms with Crippen LogP contribution >= 0.6 is 0 Å². The van der Waals surface area contributed by atoms with Crippen molar-refractivity contribution < 1.29 is 23.5 Å². The van der Waals surface area contributed by atoms with Crippen LogP contribution in [0.2, 0.25) is 0 Å². The molecule has 2 N–H and O–H groups in total. The Morgan fingerprint density at radius 3 is 2.35 bits per heavy atom. The lowest BCUT2D eigenvalue weighted by molar-refractivity contribution is -0.146. The smallest absolute Gasteiger partial charge is 0.328 e. The number of amides is 2. The number of methoxy groups -OCH3 is 1. The van der Waals surface area contributed by atoms with Crippen molar-refractivity contribution in [2.45, 2.75) is 38.8 Å². The summed E-state index contributed by atoms with van der Waals surface area (Å²) in [6.45, 7) is 2.90. The number of rotatable bonds is 8. The Balaban J connectivity index is 2.95. The summed E-state index contributed by atoms with van der Waals surface area (Å²) in [7, 11) is 1.18. The second-order valence-electron chi connectivity index (χ2n) is 5.93. The predicted molar refractivity (Wildman–Crippen MR) is 91.0 cm³/mol. The Labute approximate surface area is 151 Å². The second kappa shape index (κ2) is 10.1. The van der Waals surface area contributed by atoms with Crippen LogP contribution in [-0.4, -0.2) is 37.0 Å². The molecule has 26 heavy (non-hydrogen) atoms. The van der Waals surface area contributed by atoms with Crippen LogP contribution in [0.15, 0.2) is 24.3 Å². The third kappa shape index (κ3) is 6.51. The van der Waals surface area contributed by atoms with E-state index in [1.54, 1.807) is 6.92 Å². The molecule has 140 valence electrons. The SMILES string of the molecule is COC(=O)[C@H](NC(=O)[C@@H](Cc1ccc(F)cc1)NC(C)=O)[C@H](C)CC#N. The van der Waals surface area contributed by atoms with E-state index in [0.717, 1.165) is 0 Å². The quantitative estimate of drug-likeness (QED) is 0.672. The molecular weight excluding hydrogens is 341 g/mol. The first-order valence-corrected chi connectivity index (χ1v) is 8.05. The van der Waals surface area contributed by atoms with Crippen molar-refractivity contribution in [2.75, 3.05) is 7.11 Å². The van der Waals surface area contributed by atoms with Crippen LogP contribution in [0.4, 0.5) is 4.39 Å². The highest BCUT2D eigenvalue weighted by Gasteiger charge is 2.30. The summed E-state index contributed by atoms with van der Waals surface area (Å²) < 4.78 is 17.7. The number of nitrogens with one attached hydrogen (secondary N) is 2. The van der Waals surface area contributed by atoms with E-state index in [4.69, 9.17) is 5.26 Å². The molecule has 1 rings (SSSR count). The molecule has 0 spiro atoms. The van der Waals surface area contributed by atoms with Crippen LogP contribution in [0.25, 0.3) is 0 Å². The van der Waals surface area contributed by atoms with Crippen molar-refractivity contribution in [3.05, 3.63) is 35.6 Å². The number of nitrogens with zero attached hydrogens (tertiary/aromatic N) is 1. The summed E-state index contributed by atoms with van der Waals surface area (Å²) in [5.74, 6) is -2.58. The highest BCUT2D eigenvalue weighted by atomic mass is 19.1. The normalized spacial score (nSPS) is 13.7. The molecule has 0 saturated heterocycles. The second-order valence-corrected chi connectivity index (χ2v) is 5.93. The zero-order chi connectivity index (χ0) is 19.7. The molecule has 0 fully saturated rings. The Morgan fingerprint density at radius 1 is 1.23 bits per heavy atom. The number of esters is 1. The molecule has 0 aliphatic carbocycles. The summed E-state index contributed by atoms with van der Waals surface area (Å²) in [6, 6.07) is 5.49. The molecule has 1 aromatic carbocycles. The Morgan fingerprint density at radius 2 is 1.85 bits per heavy atom. The molecule has 1 aromatic rings. The fraction of sp³-hybridized carbons (Fsp3) is 0.444.